The van der Waals surface area contributed by atoms with Gasteiger partial charge in [0.1, 0.15) is 0 Å². The van der Waals surface area contributed by atoms with Crippen molar-refractivity contribution in [1.29, 1.82) is 0 Å². The van der Waals surface area contributed by atoms with Gasteiger partial charge >= 0.3 is 0 Å². The molecule has 0 amide bonds. The number of aryl methyl sites for hydroxylation is 1. The number of hydrogen-bond acceptors (Lipinski definition) is 1. The highest BCUT2D eigenvalue weighted by molar-refractivity contribution is 5.97. The number of allylic oxidation sites excluding steroid dienone is 1. The molecule has 0 aromatic heterocycles. The Hall–Kier alpha value is -2.43. The first kappa shape index (κ1) is 26.2. The van der Waals surface area contributed by atoms with Crippen molar-refractivity contribution in [3.05, 3.63) is 76.4 Å². The smallest absolute Gasteiger partial charge is 0.257 e. The molecule has 0 fully saturated rings. The Labute approximate surface area is 201 Å². The fourth-order valence-electron chi connectivity index (χ4n) is 4.44. The van der Waals surface area contributed by atoms with E-state index in [9.17, 15) is 17.6 Å². The van der Waals surface area contributed by atoms with Gasteiger partial charge in [0.15, 0.2) is 0 Å². The van der Waals surface area contributed by atoms with Gasteiger partial charge in [-0.05, 0) is 53.6 Å². The predicted molar refractivity (Wildman–Crippen MR) is 133 cm³/mol. The second-order valence-corrected chi connectivity index (χ2v) is 9.83. The van der Waals surface area contributed by atoms with Crippen molar-refractivity contribution in [3.63, 3.8) is 0 Å². The van der Waals surface area contributed by atoms with E-state index in [2.05, 4.69) is 43.1 Å². The summed E-state index contributed by atoms with van der Waals surface area (Å²) in [5, 5.41) is 0. The Balaban J connectivity index is 1.67. The van der Waals surface area contributed by atoms with E-state index < -0.39 is 23.0 Å². The lowest BCUT2D eigenvalue weighted by molar-refractivity contribution is 0.0104. The molecule has 184 valence electrons. The zero-order chi connectivity index (χ0) is 24.9. The molecule has 1 aliphatic heterocycles. The maximum atomic E-state index is 13.9. The quantitative estimate of drug-likeness (QED) is 0.289. The van der Waals surface area contributed by atoms with Crippen molar-refractivity contribution < 1.29 is 17.6 Å². The van der Waals surface area contributed by atoms with E-state index in [0.29, 0.717) is 12.0 Å². The van der Waals surface area contributed by atoms with Crippen LogP contribution < -0.4 is 0 Å². The van der Waals surface area contributed by atoms with Crippen molar-refractivity contribution in [2.24, 2.45) is 10.9 Å². The molecule has 2 aromatic rings. The number of halogens is 4. The van der Waals surface area contributed by atoms with Gasteiger partial charge < -0.3 is 0 Å². The second-order valence-electron chi connectivity index (χ2n) is 9.83. The highest BCUT2D eigenvalue weighted by Gasteiger charge is 2.31. The largest absolute Gasteiger partial charge is 0.270 e. The van der Waals surface area contributed by atoms with Gasteiger partial charge in [-0.25, -0.2) is 17.6 Å². The molecule has 0 aliphatic carbocycles. The van der Waals surface area contributed by atoms with E-state index in [0.717, 1.165) is 49.2 Å². The summed E-state index contributed by atoms with van der Waals surface area (Å²) in [6.45, 7) is 5.99. The van der Waals surface area contributed by atoms with Crippen LogP contribution in [0, 0.1) is 5.92 Å². The molecule has 5 heteroatoms. The molecule has 0 bridgehead atoms. The van der Waals surface area contributed by atoms with Gasteiger partial charge in [0.2, 0.25) is 0 Å². The minimum atomic E-state index is -3.19. The first-order valence-electron chi connectivity index (χ1n) is 12.2. The van der Waals surface area contributed by atoms with Crippen molar-refractivity contribution >= 4 is 11.4 Å². The van der Waals surface area contributed by atoms with Gasteiger partial charge in [0.05, 0.1) is 5.70 Å². The Morgan fingerprint density at radius 1 is 0.882 bits per heavy atom. The van der Waals surface area contributed by atoms with Crippen LogP contribution in [-0.2, 0) is 24.7 Å². The van der Waals surface area contributed by atoms with E-state index >= 15 is 0 Å². The molecule has 1 unspecified atom stereocenters. The summed E-state index contributed by atoms with van der Waals surface area (Å²) in [5.41, 5.74) is 3.58. The fourth-order valence-corrected chi connectivity index (χ4v) is 4.44. The molecule has 0 N–H and O–H groups in total. The van der Waals surface area contributed by atoms with Crippen LogP contribution >= 0.6 is 0 Å². The number of nitrogens with zero attached hydrogens (tertiary/aromatic N) is 1. The summed E-state index contributed by atoms with van der Waals surface area (Å²) in [6.07, 6.45) is 8.84. The fraction of sp³-hybridized carbons (Fsp3) is 0.483. The molecule has 1 atom stereocenters. The summed E-state index contributed by atoms with van der Waals surface area (Å²) >= 11 is 0. The number of alkyl halides is 4. The minimum Gasteiger partial charge on any atom is -0.257 e. The summed E-state index contributed by atoms with van der Waals surface area (Å²) in [7, 11) is 0. The second kappa shape index (κ2) is 10.9. The molecule has 1 aliphatic rings. The maximum absolute atomic E-state index is 13.9. The summed E-state index contributed by atoms with van der Waals surface area (Å²) < 4.78 is 55.6. The van der Waals surface area contributed by atoms with E-state index in [4.69, 9.17) is 0 Å². The Bertz CT molecular complexity index is 991. The van der Waals surface area contributed by atoms with Crippen molar-refractivity contribution in [2.45, 2.75) is 84.5 Å². The van der Waals surface area contributed by atoms with Gasteiger partial charge in [0.25, 0.3) is 11.8 Å². The third-order valence-corrected chi connectivity index (χ3v) is 6.42. The molecular formula is C29H35F4N. The third-order valence-electron chi connectivity index (χ3n) is 6.42. The molecule has 0 saturated carbocycles. The zero-order valence-electron chi connectivity index (χ0n) is 20.6. The molecule has 1 nitrogen and oxygen atoms in total. The summed E-state index contributed by atoms with van der Waals surface area (Å²) in [5.74, 6) is -5.61. The van der Waals surface area contributed by atoms with Crippen molar-refractivity contribution in [2.75, 3.05) is 0 Å². The SMILES string of the molecule is CCCC(C)CCCc1ccc(C2=CCC(Cc3cc(C(C)(F)F)cc(C(C)(F)F)c3)=N2)cc1. The first-order valence-corrected chi connectivity index (χ1v) is 12.2. The van der Waals surface area contributed by atoms with E-state index in [-0.39, 0.29) is 6.42 Å². The lowest BCUT2D eigenvalue weighted by Crippen LogP contribution is -2.14. The maximum Gasteiger partial charge on any atom is 0.270 e. The minimum absolute atomic E-state index is 0.265. The van der Waals surface area contributed by atoms with Crippen LogP contribution in [0.4, 0.5) is 17.6 Å². The Morgan fingerprint density at radius 3 is 2.06 bits per heavy atom. The van der Waals surface area contributed by atoms with Crippen LogP contribution in [0.2, 0.25) is 0 Å². The summed E-state index contributed by atoms with van der Waals surface area (Å²) in [4.78, 5) is 4.68. The molecular weight excluding hydrogens is 438 g/mol. The van der Waals surface area contributed by atoms with Crippen LogP contribution in [-0.4, -0.2) is 5.71 Å². The van der Waals surface area contributed by atoms with Gasteiger partial charge in [-0.1, -0.05) is 63.5 Å². The van der Waals surface area contributed by atoms with Crippen LogP contribution in [0.1, 0.15) is 87.6 Å². The van der Waals surface area contributed by atoms with Gasteiger partial charge in [-0.15, -0.1) is 0 Å². The topological polar surface area (TPSA) is 12.4 Å². The van der Waals surface area contributed by atoms with E-state index in [1.807, 2.05) is 6.08 Å². The lowest BCUT2D eigenvalue weighted by atomic mass is 9.96. The molecule has 2 aromatic carbocycles. The number of benzene rings is 2. The molecule has 0 saturated heterocycles. The highest BCUT2D eigenvalue weighted by atomic mass is 19.3. The third kappa shape index (κ3) is 7.28. The molecule has 3 rings (SSSR count). The molecule has 0 radical (unpaired) electrons. The predicted octanol–water partition coefficient (Wildman–Crippen LogP) is 9.10. The molecule has 1 heterocycles. The summed E-state index contributed by atoms with van der Waals surface area (Å²) in [6, 6.07) is 11.9. The van der Waals surface area contributed by atoms with Crippen LogP contribution in [0.3, 0.4) is 0 Å². The average Bonchev–Trinajstić information content (AvgIpc) is 3.21. The first-order chi connectivity index (χ1) is 16.0. The molecule has 0 spiro atoms. The van der Waals surface area contributed by atoms with Gasteiger partial charge in [-0.2, -0.15) is 0 Å². The van der Waals surface area contributed by atoms with Crippen molar-refractivity contribution in [3.8, 4) is 0 Å². The molecule has 34 heavy (non-hydrogen) atoms. The van der Waals surface area contributed by atoms with E-state index in [1.165, 1.54) is 43.4 Å². The average molecular weight is 474 g/mol. The highest BCUT2D eigenvalue weighted by Crippen LogP contribution is 2.35. The van der Waals surface area contributed by atoms with E-state index in [1.54, 1.807) is 0 Å². The van der Waals surface area contributed by atoms with Crippen molar-refractivity contribution in [1.82, 2.24) is 0 Å². The van der Waals surface area contributed by atoms with Gasteiger partial charge in [0, 0.05) is 43.5 Å². The number of hydrogen-bond donors (Lipinski definition) is 0. The Kier molecular flexibility index (Phi) is 8.38. The van der Waals surface area contributed by atoms with Crippen LogP contribution in [0.15, 0.2) is 53.5 Å². The monoisotopic (exact) mass is 473 g/mol. The standard InChI is InChI=1S/C29H35F4N/c1-5-7-20(2)8-6-9-21-10-12-23(13-11-21)27-15-14-26(34-27)18-22-16-24(28(3,30)31)19-25(17-22)29(4,32)33/h10-13,15-17,19-20H,5-9,14,18H2,1-4H3. The van der Waals surface area contributed by atoms with Crippen LogP contribution in [0.25, 0.3) is 5.70 Å². The number of rotatable bonds is 11. The van der Waals surface area contributed by atoms with Crippen LogP contribution in [0.5, 0.6) is 0 Å². The Morgan fingerprint density at radius 2 is 1.50 bits per heavy atom. The number of aliphatic imine (C=N–C) groups is 1. The van der Waals surface area contributed by atoms with Gasteiger partial charge in [-0.3, -0.25) is 4.99 Å². The zero-order valence-corrected chi connectivity index (χ0v) is 20.6. The lowest BCUT2D eigenvalue weighted by Gasteiger charge is -2.18. The normalized spacial score (nSPS) is 15.3.